The van der Waals surface area contributed by atoms with Gasteiger partial charge in [-0.1, -0.05) is 0 Å². The first kappa shape index (κ1) is 11.4. The number of rotatable bonds is 1. The Labute approximate surface area is 96.6 Å². The average Bonchev–Trinajstić information content (AvgIpc) is 2.30. The predicted molar refractivity (Wildman–Crippen MR) is 63.6 cm³/mol. The summed E-state index contributed by atoms with van der Waals surface area (Å²) in [6.07, 6.45) is 0. The zero-order valence-corrected chi connectivity index (χ0v) is 10.2. The van der Waals surface area contributed by atoms with E-state index in [9.17, 15) is 9.00 Å². The van der Waals surface area contributed by atoms with Gasteiger partial charge in [0.2, 0.25) is 5.91 Å². The van der Waals surface area contributed by atoms with E-state index in [2.05, 4.69) is 5.32 Å². The molecule has 2 aliphatic heterocycles. The van der Waals surface area contributed by atoms with Gasteiger partial charge in [0.05, 0.1) is 6.04 Å². The van der Waals surface area contributed by atoms with Gasteiger partial charge in [-0.2, -0.15) is 11.8 Å². The molecule has 4 nitrogen and oxygen atoms in total. The molecule has 2 fully saturated rings. The Morgan fingerprint density at radius 3 is 2.73 bits per heavy atom. The van der Waals surface area contributed by atoms with Gasteiger partial charge in [-0.05, 0) is 0 Å². The van der Waals surface area contributed by atoms with E-state index in [0.717, 1.165) is 18.1 Å². The summed E-state index contributed by atoms with van der Waals surface area (Å²) in [6, 6.07) is -0.0183. The number of amides is 1. The van der Waals surface area contributed by atoms with Crippen LogP contribution in [0.3, 0.4) is 0 Å². The summed E-state index contributed by atoms with van der Waals surface area (Å²) in [5.41, 5.74) is 0. The lowest BCUT2D eigenvalue weighted by molar-refractivity contribution is -0.132. The van der Waals surface area contributed by atoms with E-state index >= 15 is 0 Å². The van der Waals surface area contributed by atoms with E-state index in [1.54, 1.807) is 0 Å². The van der Waals surface area contributed by atoms with Crippen molar-refractivity contribution in [3.63, 3.8) is 0 Å². The Hall–Kier alpha value is -0.0700. The third-order valence-electron chi connectivity index (χ3n) is 2.71. The third kappa shape index (κ3) is 2.95. The summed E-state index contributed by atoms with van der Waals surface area (Å²) in [4.78, 5) is 13.9. The van der Waals surface area contributed by atoms with Gasteiger partial charge in [-0.3, -0.25) is 9.00 Å². The van der Waals surface area contributed by atoms with Crippen molar-refractivity contribution in [3.05, 3.63) is 0 Å². The number of nitrogens with one attached hydrogen (secondary N) is 1. The number of thioether (sulfide) groups is 1. The van der Waals surface area contributed by atoms with Crippen LogP contribution in [-0.2, 0) is 15.6 Å². The summed E-state index contributed by atoms with van der Waals surface area (Å²) in [5, 5.41) is 3.24. The predicted octanol–water partition coefficient (Wildman–Crippen LogP) is -0.718. The highest BCUT2D eigenvalue weighted by Gasteiger charge is 2.27. The Morgan fingerprint density at radius 2 is 2.13 bits per heavy atom. The van der Waals surface area contributed by atoms with Gasteiger partial charge in [0.1, 0.15) is 0 Å². The molecule has 2 heterocycles. The highest BCUT2D eigenvalue weighted by Crippen LogP contribution is 2.11. The van der Waals surface area contributed by atoms with E-state index in [0.29, 0.717) is 24.6 Å². The van der Waals surface area contributed by atoms with Crippen LogP contribution in [0.15, 0.2) is 0 Å². The van der Waals surface area contributed by atoms with Crippen LogP contribution in [0.4, 0.5) is 0 Å². The summed E-state index contributed by atoms with van der Waals surface area (Å²) in [6.45, 7) is 2.24. The first-order valence-electron chi connectivity index (χ1n) is 5.22. The van der Waals surface area contributed by atoms with Crippen molar-refractivity contribution in [2.45, 2.75) is 6.04 Å². The molecule has 2 aliphatic rings. The summed E-state index contributed by atoms with van der Waals surface area (Å²) in [5.74, 6) is 3.45. The van der Waals surface area contributed by atoms with Crippen molar-refractivity contribution >= 4 is 28.5 Å². The van der Waals surface area contributed by atoms with Gasteiger partial charge >= 0.3 is 0 Å². The molecule has 86 valence electrons. The molecule has 1 N–H and O–H groups in total. The van der Waals surface area contributed by atoms with Gasteiger partial charge in [0.25, 0.3) is 0 Å². The normalized spacial score (nSPS) is 29.1. The van der Waals surface area contributed by atoms with Crippen molar-refractivity contribution in [3.8, 4) is 0 Å². The van der Waals surface area contributed by atoms with Crippen molar-refractivity contribution < 1.29 is 9.00 Å². The second-order valence-corrected chi connectivity index (χ2v) is 6.60. The summed E-state index contributed by atoms with van der Waals surface area (Å²) < 4.78 is 11.2. The van der Waals surface area contributed by atoms with Crippen LogP contribution in [0, 0.1) is 0 Å². The molecule has 0 radical (unpaired) electrons. The molecule has 0 saturated carbocycles. The maximum atomic E-state index is 12.0. The van der Waals surface area contributed by atoms with Gasteiger partial charge in [-0.25, -0.2) is 0 Å². The second-order valence-electron chi connectivity index (χ2n) is 3.75. The van der Waals surface area contributed by atoms with E-state index in [-0.39, 0.29) is 11.9 Å². The zero-order chi connectivity index (χ0) is 10.7. The van der Waals surface area contributed by atoms with E-state index in [4.69, 9.17) is 0 Å². The number of carbonyl (C=O) groups is 1. The first-order valence-corrected chi connectivity index (χ1v) is 7.86. The van der Waals surface area contributed by atoms with E-state index < -0.39 is 10.8 Å². The average molecular weight is 248 g/mol. The lowest BCUT2D eigenvalue weighted by Crippen LogP contribution is -2.53. The molecule has 1 amide bonds. The van der Waals surface area contributed by atoms with Gasteiger partial charge < -0.3 is 10.2 Å². The van der Waals surface area contributed by atoms with Gasteiger partial charge in [-0.15, -0.1) is 0 Å². The van der Waals surface area contributed by atoms with Crippen LogP contribution in [0.25, 0.3) is 0 Å². The Bertz CT molecular complexity index is 257. The molecule has 0 aliphatic carbocycles. The molecular weight excluding hydrogens is 232 g/mol. The van der Waals surface area contributed by atoms with E-state index in [1.807, 2.05) is 16.7 Å². The van der Waals surface area contributed by atoms with Crippen molar-refractivity contribution in [1.82, 2.24) is 10.2 Å². The fourth-order valence-electron chi connectivity index (χ4n) is 1.80. The molecule has 0 bridgehead atoms. The molecule has 1 unspecified atom stereocenters. The molecule has 2 saturated heterocycles. The van der Waals surface area contributed by atoms with Crippen LogP contribution in [0.2, 0.25) is 0 Å². The van der Waals surface area contributed by atoms with Crippen molar-refractivity contribution in [2.24, 2.45) is 0 Å². The minimum Gasteiger partial charge on any atom is -0.339 e. The summed E-state index contributed by atoms with van der Waals surface area (Å²) in [7, 11) is -0.702. The quantitative estimate of drug-likeness (QED) is 0.665. The molecule has 1 atom stereocenters. The van der Waals surface area contributed by atoms with Crippen molar-refractivity contribution in [2.75, 3.05) is 42.6 Å². The Morgan fingerprint density at radius 1 is 1.40 bits per heavy atom. The van der Waals surface area contributed by atoms with Crippen LogP contribution >= 0.6 is 11.8 Å². The number of hydrogen-bond donors (Lipinski definition) is 1. The highest BCUT2D eigenvalue weighted by atomic mass is 32.2. The first-order chi connectivity index (χ1) is 7.27. The Kier molecular flexibility index (Phi) is 4.05. The topological polar surface area (TPSA) is 49.4 Å². The molecule has 0 spiro atoms. The largest absolute Gasteiger partial charge is 0.339 e. The minimum atomic E-state index is -0.702. The van der Waals surface area contributed by atoms with Crippen LogP contribution in [0.1, 0.15) is 0 Å². The minimum absolute atomic E-state index is 0.0183. The molecule has 6 heteroatoms. The van der Waals surface area contributed by atoms with Gasteiger partial charge in [0, 0.05) is 53.4 Å². The number of hydrogen-bond acceptors (Lipinski definition) is 4. The lowest BCUT2D eigenvalue weighted by Gasteiger charge is -2.31. The fraction of sp³-hybridized carbons (Fsp3) is 0.889. The Balaban J connectivity index is 1.86. The van der Waals surface area contributed by atoms with E-state index in [1.165, 1.54) is 0 Å². The molecule has 0 aromatic carbocycles. The number of nitrogens with zero attached hydrogens (tertiary/aromatic N) is 1. The smallest absolute Gasteiger partial charge is 0.240 e. The lowest BCUT2D eigenvalue weighted by atomic mass is 10.2. The van der Waals surface area contributed by atoms with Crippen LogP contribution in [-0.4, -0.2) is 63.7 Å². The molecule has 15 heavy (non-hydrogen) atoms. The molecule has 2 rings (SSSR count). The second kappa shape index (κ2) is 5.32. The fourth-order valence-corrected chi connectivity index (χ4v) is 3.78. The SMILES string of the molecule is O=C(C1CSCCN1)N1CCS(=O)CC1. The van der Waals surface area contributed by atoms with Crippen LogP contribution in [0.5, 0.6) is 0 Å². The van der Waals surface area contributed by atoms with Gasteiger partial charge in [0.15, 0.2) is 0 Å². The molecule has 0 aromatic rings. The van der Waals surface area contributed by atoms with Crippen LogP contribution < -0.4 is 5.32 Å². The highest BCUT2D eigenvalue weighted by molar-refractivity contribution is 7.99. The maximum absolute atomic E-state index is 12.0. The molecule has 0 aromatic heterocycles. The van der Waals surface area contributed by atoms with Crippen molar-refractivity contribution in [1.29, 1.82) is 0 Å². The zero-order valence-electron chi connectivity index (χ0n) is 8.61. The standard InChI is InChI=1S/C9H16N2O2S2/c12-9(8-7-14-4-1-10-8)11-2-5-15(13)6-3-11/h8,10H,1-7H2. The monoisotopic (exact) mass is 248 g/mol. The number of carbonyl (C=O) groups excluding carboxylic acids is 1. The molecular formula is C9H16N2O2S2. The third-order valence-corrected chi connectivity index (χ3v) is 5.05. The maximum Gasteiger partial charge on any atom is 0.240 e. The summed E-state index contributed by atoms with van der Waals surface area (Å²) >= 11 is 1.83.